The topological polar surface area (TPSA) is 96.2 Å². The maximum Gasteiger partial charge on any atom is 0.307 e. The Labute approximate surface area is 206 Å². The lowest BCUT2D eigenvalue weighted by Crippen LogP contribution is -2.10. The summed E-state index contributed by atoms with van der Waals surface area (Å²) < 4.78 is 0. The first-order valence-corrected chi connectivity index (χ1v) is 12.2. The zero-order valence-corrected chi connectivity index (χ0v) is 19.8. The number of carbonyl (C=O) groups excluding carboxylic acids is 1. The van der Waals surface area contributed by atoms with Crippen LogP contribution in [0, 0.1) is 0 Å². The summed E-state index contributed by atoms with van der Waals surface area (Å²) in [5.74, 6) is -0.456. The first-order chi connectivity index (χ1) is 16.9. The molecule has 0 aliphatic carbocycles. The number of amides is 1. The van der Waals surface area contributed by atoms with Crippen LogP contribution >= 0.6 is 11.3 Å². The Balaban J connectivity index is 1.27. The van der Waals surface area contributed by atoms with Gasteiger partial charge < -0.3 is 10.8 Å². The third-order valence-electron chi connectivity index (χ3n) is 6.17. The summed E-state index contributed by atoms with van der Waals surface area (Å²) in [7, 11) is 0. The van der Waals surface area contributed by atoms with Crippen molar-refractivity contribution >= 4 is 28.0 Å². The summed E-state index contributed by atoms with van der Waals surface area (Å²) in [6.07, 6.45) is 2.35. The number of aromatic amines is 1. The fourth-order valence-corrected chi connectivity index (χ4v) is 5.03. The van der Waals surface area contributed by atoms with Crippen molar-refractivity contribution in [2.24, 2.45) is 5.73 Å². The molecule has 0 saturated carbocycles. The largest absolute Gasteiger partial charge is 0.494 e. The van der Waals surface area contributed by atoms with Gasteiger partial charge in [-0.2, -0.15) is 0 Å². The molecule has 5 nitrogen and oxygen atoms in total. The number of carbonyl (C=O) groups is 1. The Kier molecular flexibility index (Phi) is 6.21. The summed E-state index contributed by atoms with van der Waals surface area (Å²) in [4.78, 5) is 25.6. The van der Waals surface area contributed by atoms with Crippen molar-refractivity contribution < 1.29 is 9.90 Å². The summed E-state index contributed by atoms with van der Waals surface area (Å²) in [5, 5.41) is 11.9. The van der Waals surface area contributed by atoms with Crippen LogP contribution in [-0.4, -0.2) is 16.0 Å². The second-order valence-corrected chi connectivity index (χ2v) is 9.69. The van der Waals surface area contributed by atoms with Gasteiger partial charge in [0.05, 0.1) is 4.88 Å². The molecule has 35 heavy (non-hydrogen) atoms. The average molecular weight is 481 g/mol. The lowest BCUT2D eigenvalue weighted by atomic mass is 9.97. The van der Waals surface area contributed by atoms with E-state index in [1.54, 1.807) is 6.07 Å². The van der Waals surface area contributed by atoms with Crippen molar-refractivity contribution in [3.05, 3.63) is 122 Å². The number of thiazole rings is 1. The number of aromatic hydroxyl groups is 1. The molecule has 0 aliphatic heterocycles. The number of benzene rings is 4. The first-order valence-electron chi connectivity index (χ1n) is 11.4. The molecule has 0 radical (unpaired) electrons. The predicted octanol–water partition coefficient (Wildman–Crippen LogP) is 5.44. The molecule has 4 N–H and O–H groups in total. The van der Waals surface area contributed by atoms with Gasteiger partial charge in [0.1, 0.15) is 0 Å². The van der Waals surface area contributed by atoms with E-state index in [9.17, 15) is 14.7 Å². The van der Waals surface area contributed by atoms with Crippen LogP contribution in [0.3, 0.4) is 0 Å². The van der Waals surface area contributed by atoms with Crippen molar-refractivity contribution in [2.75, 3.05) is 0 Å². The molecular weight excluding hydrogens is 456 g/mol. The number of hydrogen-bond donors (Lipinski definition) is 3. The van der Waals surface area contributed by atoms with Gasteiger partial charge in [-0.05, 0) is 63.6 Å². The number of aryl methyl sites for hydroxylation is 2. The molecule has 0 aliphatic rings. The lowest BCUT2D eigenvalue weighted by Gasteiger charge is -2.08. The molecule has 0 unspecified atom stereocenters. The van der Waals surface area contributed by atoms with Crippen molar-refractivity contribution in [3.8, 4) is 17.0 Å². The van der Waals surface area contributed by atoms with Gasteiger partial charge in [0, 0.05) is 12.0 Å². The summed E-state index contributed by atoms with van der Waals surface area (Å²) in [6, 6.07) is 28.6. The van der Waals surface area contributed by atoms with Crippen molar-refractivity contribution in [1.29, 1.82) is 0 Å². The molecular formula is C29H24N2O3S. The molecule has 0 fully saturated rings. The lowest BCUT2D eigenvalue weighted by molar-refractivity contribution is 0.100. The van der Waals surface area contributed by atoms with E-state index in [1.165, 1.54) is 11.1 Å². The smallest absolute Gasteiger partial charge is 0.307 e. The maximum absolute atomic E-state index is 11.4. The molecule has 174 valence electrons. The number of nitrogens with one attached hydrogen (secondary N) is 1. The predicted molar refractivity (Wildman–Crippen MR) is 141 cm³/mol. The van der Waals surface area contributed by atoms with E-state index in [1.807, 2.05) is 30.3 Å². The highest BCUT2D eigenvalue weighted by Crippen LogP contribution is 2.25. The zero-order chi connectivity index (χ0) is 24.4. The highest BCUT2D eigenvalue weighted by atomic mass is 32.1. The van der Waals surface area contributed by atoms with Gasteiger partial charge in [0.2, 0.25) is 11.8 Å². The minimum absolute atomic E-state index is 0.0430. The third kappa shape index (κ3) is 5.18. The molecule has 1 aromatic heterocycles. The highest BCUT2D eigenvalue weighted by molar-refractivity contribution is 7.09. The maximum atomic E-state index is 11.4. The van der Waals surface area contributed by atoms with Gasteiger partial charge in [0.25, 0.3) is 0 Å². The van der Waals surface area contributed by atoms with Crippen LogP contribution in [0.1, 0.15) is 31.9 Å². The van der Waals surface area contributed by atoms with Crippen molar-refractivity contribution in [2.45, 2.75) is 19.3 Å². The summed E-state index contributed by atoms with van der Waals surface area (Å²) in [6.45, 7) is 0. The zero-order valence-electron chi connectivity index (χ0n) is 19.0. The molecule has 5 rings (SSSR count). The van der Waals surface area contributed by atoms with Crippen LogP contribution in [0.5, 0.6) is 5.88 Å². The number of fused-ring (bicyclic) bond motifs is 1. The monoisotopic (exact) mass is 480 g/mol. The van der Waals surface area contributed by atoms with Crippen molar-refractivity contribution in [3.63, 3.8) is 0 Å². The van der Waals surface area contributed by atoms with Gasteiger partial charge in [-0.3, -0.25) is 14.6 Å². The standard InChI is InChI=1S/C29H24N2O3S/c30-27(32)25-13-12-23-15-19(8-11-24(23)17-25)5-4-18-2-1-3-22(14-18)21-9-6-20(7-10-21)16-26-28(33)31-29(34)35-26/h1-3,6-15,17,33H,4-5,16H2,(H2,30,32)(H,31,34). The third-order valence-corrected chi connectivity index (χ3v) is 7.04. The Morgan fingerprint density at radius 3 is 2.20 bits per heavy atom. The van der Waals surface area contributed by atoms with Gasteiger partial charge >= 0.3 is 4.87 Å². The van der Waals surface area contributed by atoms with Gasteiger partial charge in [0.15, 0.2) is 0 Å². The Hall–Kier alpha value is -4.16. The van der Waals surface area contributed by atoms with E-state index in [2.05, 4.69) is 53.5 Å². The second-order valence-electron chi connectivity index (χ2n) is 8.62. The van der Waals surface area contributed by atoms with E-state index < -0.39 is 5.91 Å². The fourth-order valence-electron chi connectivity index (χ4n) is 4.27. The van der Waals surface area contributed by atoms with Crippen LogP contribution in [0.15, 0.2) is 89.7 Å². The highest BCUT2D eigenvalue weighted by Gasteiger charge is 2.08. The molecule has 1 heterocycles. The number of H-pyrrole nitrogens is 1. The van der Waals surface area contributed by atoms with Crippen LogP contribution in [-0.2, 0) is 19.3 Å². The van der Waals surface area contributed by atoms with Crippen molar-refractivity contribution in [1.82, 2.24) is 4.98 Å². The second kappa shape index (κ2) is 9.60. The normalized spacial score (nSPS) is 11.1. The van der Waals surface area contributed by atoms with E-state index >= 15 is 0 Å². The summed E-state index contributed by atoms with van der Waals surface area (Å²) >= 11 is 1.04. The Bertz CT molecular complexity index is 1580. The van der Waals surface area contributed by atoms with E-state index in [-0.39, 0.29) is 10.8 Å². The quantitative estimate of drug-likeness (QED) is 0.289. The number of nitrogens with two attached hydrogens (primary N) is 1. The molecule has 5 aromatic rings. The van der Waals surface area contributed by atoms with E-state index in [0.29, 0.717) is 16.9 Å². The van der Waals surface area contributed by atoms with Crippen LogP contribution in [0.2, 0.25) is 0 Å². The molecule has 4 aromatic carbocycles. The van der Waals surface area contributed by atoms with Crippen LogP contribution in [0.4, 0.5) is 0 Å². The molecule has 0 spiro atoms. The Morgan fingerprint density at radius 2 is 1.49 bits per heavy atom. The van der Waals surface area contributed by atoms with Crippen LogP contribution < -0.4 is 10.6 Å². The molecule has 0 saturated heterocycles. The number of aromatic nitrogens is 1. The molecule has 1 amide bonds. The summed E-state index contributed by atoms with van der Waals surface area (Å²) in [5.41, 5.74) is 11.7. The molecule has 6 heteroatoms. The SMILES string of the molecule is NC(=O)c1ccc2cc(CCc3cccc(-c4ccc(Cc5sc(=O)[nH]c5O)cc4)c3)ccc2c1. The Morgan fingerprint density at radius 1 is 0.800 bits per heavy atom. The first kappa shape index (κ1) is 22.6. The number of hydrogen-bond acceptors (Lipinski definition) is 4. The fraction of sp³-hybridized carbons (Fsp3) is 0.103. The average Bonchev–Trinajstić information content (AvgIpc) is 3.19. The van der Waals surface area contributed by atoms with Crippen LogP contribution in [0.25, 0.3) is 21.9 Å². The van der Waals surface area contributed by atoms with E-state index in [0.717, 1.165) is 51.6 Å². The van der Waals surface area contributed by atoms with Gasteiger partial charge in [-0.25, -0.2) is 0 Å². The number of rotatable bonds is 7. The van der Waals surface area contributed by atoms with Gasteiger partial charge in [-0.15, -0.1) is 0 Å². The number of primary amides is 1. The molecule has 0 bridgehead atoms. The minimum Gasteiger partial charge on any atom is -0.494 e. The van der Waals surface area contributed by atoms with E-state index in [4.69, 9.17) is 5.73 Å². The molecule has 0 atom stereocenters. The minimum atomic E-state index is -0.413. The van der Waals surface area contributed by atoms with Gasteiger partial charge in [-0.1, -0.05) is 84.1 Å².